The standard InChI is InChI=1S/C23H22F2N2O2S/c1-27(14-15-10-12-16(13-11-15)29-23(24)25)22(28)18-7-3-2-6-17(18)21-26-19-8-4-5-9-20(19)30-21/h2-5,8-13,17-18,23H,6-7,14H2,1H3. The summed E-state index contributed by atoms with van der Waals surface area (Å²) in [4.78, 5) is 19.7. The Labute approximate surface area is 177 Å². The van der Waals surface area contributed by atoms with E-state index in [-0.39, 0.29) is 23.5 Å². The number of aromatic nitrogens is 1. The Balaban J connectivity index is 1.48. The number of nitrogens with zero attached hydrogens (tertiary/aromatic N) is 2. The van der Waals surface area contributed by atoms with Crippen LogP contribution in [-0.2, 0) is 11.3 Å². The second kappa shape index (κ2) is 8.92. The first kappa shape index (κ1) is 20.5. The minimum absolute atomic E-state index is 0.0594. The lowest BCUT2D eigenvalue weighted by atomic mass is 9.82. The highest BCUT2D eigenvalue weighted by Crippen LogP contribution is 2.39. The number of hydrogen-bond donors (Lipinski definition) is 0. The highest BCUT2D eigenvalue weighted by Gasteiger charge is 2.34. The van der Waals surface area contributed by atoms with Gasteiger partial charge in [-0.3, -0.25) is 4.79 Å². The quantitative estimate of drug-likeness (QED) is 0.480. The van der Waals surface area contributed by atoms with Crippen LogP contribution in [0.3, 0.4) is 0 Å². The van der Waals surface area contributed by atoms with E-state index in [1.807, 2.05) is 18.2 Å². The molecular formula is C23H22F2N2O2S. The zero-order valence-corrected chi connectivity index (χ0v) is 17.3. The molecule has 1 heterocycles. The van der Waals surface area contributed by atoms with Crippen molar-refractivity contribution in [3.63, 3.8) is 0 Å². The second-order valence-corrected chi connectivity index (χ2v) is 8.45. The van der Waals surface area contributed by atoms with Crippen molar-refractivity contribution in [3.05, 3.63) is 71.3 Å². The first-order valence-electron chi connectivity index (χ1n) is 9.80. The number of benzene rings is 2. The Kier molecular flexibility index (Phi) is 6.08. The molecule has 30 heavy (non-hydrogen) atoms. The average molecular weight is 429 g/mol. The highest BCUT2D eigenvalue weighted by molar-refractivity contribution is 7.18. The molecule has 1 aromatic heterocycles. The summed E-state index contributed by atoms with van der Waals surface area (Å²) in [7, 11) is 1.78. The summed E-state index contributed by atoms with van der Waals surface area (Å²) in [5.74, 6) is 0.0683. The number of carbonyl (C=O) groups excluding carboxylic acids is 1. The van der Waals surface area contributed by atoms with Gasteiger partial charge in [0.15, 0.2) is 0 Å². The smallest absolute Gasteiger partial charge is 0.387 e. The van der Waals surface area contributed by atoms with E-state index < -0.39 is 6.61 Å². The van der Waals surface area contributed by atoms with Gasteiger partial charge >= 0.3 is 6.61 Å². The zero-order chi connectivity index (χ0) is 21.1. The topological polar surface area (TPSA) is 42.4 Å². The van der Waals surface area contributed by atoms with Crippen molar-refractivity contribution in [2.45, 2.75) is 31.9 Å². The largest absolute Gasteiger partial charge is 0.435 e. The third-order valence-electron chi connectivity index (χ3n) is 5.32. The highest BCUT2D eigenvalue weighted by atomic mass is 32.1. The first-order valence-corrected chi connectivity index (χ1v) is 10.6. The molecule has 0 N–H and O–H groups in total. The van der Waals surface area contributed by atoms with Crippen molar-refractivity contribution in [3.8, 4) is 5.75 Å². The number of thiazole rings is 1. The maximum Gasteiger partial charge on any atom is 0.387 e. The lowest BCUT2D eigenvalue weighted by molar-refractivity contribution is -0.135. The van der Waals surface area contributed by atoms with Gasteiger partial charge in [0.1, 0.15) is 5.75 Å². The number of fused-ring (bicyclic) bond motifs is 1. The number of carbonyl (C=O) groups is 1. The summed E-state index contributed by atoms with van der Waals surface area (Å²) in [5, 5.41) is 1.00. The van der Waals surface area contributed by atoms with Crippen LogP contribution in [0, 0.1) is 5.92 Å². The fourth-order valence-corrected chi connectivity index (χ4v) is 4.97. The molecule has 0 aliphatic heterocycles. The van der Waals surface area contributed by atoms with Crippen LogP contribution in [-0.4, -0.2) is 29.5 Å². The second-order valence-electron chi connectivity index (χ2n) is 7.39. The zero-order valence-electron chi connectivity index (χ0n) is 16.5. The maximum atomic E-state index is 13.3. The summed E-state index contributed by atoms with van der Waals surface area (Å²) < 4.78 is 30.1. The molecule has 0 fully saturated rings. The van der Waals surface area contributed by atoms with Gasteiger partial charge in [0.2, 0.25) is 5.91 Å². The Morgan fingerprint density at radius 1 is 1.17 bits per heavy atom. The van der Waals surface area contributed by atoms with Gasteiger partial charge in [-0.25, -0.2) is 4.98 Å². The molecule has 0 saturated carbocycles. The molecule has 7 heteroatoms. The van der Waals surface area contributed by atoms with Crippen LogP contribution < -0.4 is 4.74 Å². The molecule has 1 aliphatic rings. The van der Waals surface area contributed by atoms with Crippen LogP contribution in [0.5, 0.6) is 5.75 Å². The van der Waals surface area contributed by atoms with Crippen LogP contribution >= 0.6 is 11.3 Å². The van der Waals surface area contributed by atoms with E-state index in [9.17, 15) is 13.6 Å². The summed E-state index contributed by atoms with van der Waals surface area (Å²) >= 11 is 1.66. The van der Waals surface area contributed by atoms with Crippen molar-refractivity contribution in [1.29, 1.82) is 0 Å². The Morgan fingerprint density at radius 3 is 2.63 bits per heavy atom. The van der Waals surface area contributed by atoms with Gasteiger partial charge in [-0.2, -0.15) is 8.78 Å². The number of halogens is 2. The number of alkyl halides is 2. The third kappa shape index (κ3) is 4.51. The molecule has 0 spiro atoms. The minimum atomic E-state index is -2.85. The predicted molar refractivity (Wildman–Crippen MR) is 114 cm³/mol. The average Bonchev–Trinajstić information content (AvgIpc) is 3.18. The molecular weight excluding hydrogens is 406 g/mol. The van der Waals surface area contributed by atoms with E-state index in [1.54, 1.807) is 35.4 Å². The van der Waals surface area contributed by atoms with Gasteiger partial charge in [0.25, 0.3) is 0 Å². The Hall–Kier alpha value is -2.80. The molecule has 156 valence electrons. The van der Waals surface area contributed by atoms with Crippen LogP contribution in [0.4, 0.5) is 8.78 Å². The molecule has 0 saturated heterocycles. The van der Waals surface area contributed by atoms with Crippen molar-refractivity contribution in [2.24, 2.45) is 5.92 Å². The first-order chi connectivity index (χ1) is 14.5. The van der Waals surface area contributed by atoms with E-state index in [4.69, 9.17) is 4.98 Å². The van der Waals surface area contributed by atoms with Crippen LogP contribution in [0.25, 0.3) is 10.2 Å². The molecule has 0 radical (unpaired) electrons. The lowest BCUT2D eigenvalue weighted by Gasteiger charge is -2.30. The SMILES string of the molecule is CN(Cc1ccc(OC(F)F)cc1)C(=O)C1CC=CCC1c1nc2ccccc2s1. The molecule has 1 amide bonds. The molecule has 0 bridgehead atoms. The van der Waals surface area contributed by atoms with Gasteiger partial charge in [-0.15, -0.1) is 11.3 Å². The van der Waals surface area contributed by atoms with E-state index in [0.717, 1.165) is 27.2 Å². The molecule has 4 rings (SSSR count). The van der Waals surface area contributed by atoms with E-state index in [2.05, 4.69) is 23.0 Å². The third-order valence-corrected chi connectivity index (χ3v) is 6.49. The van der Waals surface area contributed by atoms with Crippen LogP contribution in [0.15, 0.2) is 60.7 Å². The number of allylic oxidation sites excluding steroid dienone is 2. The molecule has 1 aliphatic carbocycles. The van der Waals surface area contributed by atoms with Crippen molar-refractivity contribution < 1.29 is 18.3 Å². The molecule has 4 nitrogen and oxygen atoms in total. The number of hydrogen-bond acceptors (Lipinski definition) is 4. The number of rotatable bonds is 6. The Morgan fingerprint density at radius 2 is 1.90 bits per heavy atom. The van der Waals surface area contributed by atoms with E-state index in [0.29, 0.717) is 13.0 Å². The fourth-order valence-electron chi connectivity index (χ4n) is 3.82. The predicted octanol–water partition coefficient (Wildman–Crippen LogP) is 5.61. The molecule has 3 aromatic rings. The van der Waals surface area contributed by atoms with E-state index in [1.165, 1.54) is 12.1 Å². The number of ether oxygens (including phenoxy) is 1. The summed E-state index contributed by atoms with van der Waals surface area (Å²) in [6.45, 7) is -2.44. The normalized spacial score (nSPS) is 18.7. The molecule has 2 aromatic carbocycles. The maximum absolute atomic E-state index is 13.3. The fraction of sp³-hybridized carbons (Fsp3) is 0.304. The summed E-state index contributed by atoms with van der Waals surface area (Å²) in [5.41, 5.74) is 1.83. The molecule has 2 unspecified atom stereocenters. The van der Waals surface area contributed by atoms with Crippen LogP contribution in [0.1, 0.15) is 29.3 Å². The lowest BCUT2D eigenvalue weighted by Crippen LogP contribution is -2.36. The van der Waals surface area contributed by atoms with Gasteiger partial charge in [0.05, 0.1) is 21.1 Å². The van der Waals surface area contributed by atoms with Crippen molar-refractivity contribution >= 4 is 27.5 Å². The summed E-state index contributed by atoms with van der Waals surface area (Å²) in [6, 6.07) is 14.4. The van der Waals surface area contributed by atoms with Gasteiger partial charge in [0, 0.05) is 19.5 Å². The minimum Gasteiger partial charge on any atom is -0.435 e. The van der Waals surface area contributed by atoms with Crippen LogP contribution in [0.2, 0.25) is 0 Å². The van der Waals surface area contributed by atoms with Gasteiger partial charge in [-0.05, 0) is 42.7 Å². The van der Waals surface area contributed by atoms with Gasteiger partial charge < -0.3 is 9.64 Å². The van der Waals surface area contributed by atoms with Crippen molar-refractivity contribution in [2.75, 3.05) is 7.05 Å². The summed E-state index contributed by atoms with van der Waals surface area (Å²) in [6.07, 6.45) is 5.67. The monoisotopic (exact) mass is 428 g/mol. The van der Waals surface area contributed by atoms with Gasteiger partial charge in [-0.1, -0.05) is 36.4 Å². The Bertz CT molecular complexity index is 1020. The number of amides is 1. The number of para-hydroxylation sites is 1. The van der Waals surface area contributed by atoms with Crippen molar-refractivity contribution in [1.82, 2.24) is 9.88 Å². The molecule has 2 atom stereocenters. The van der Waals surface area contributed by atoms with E-state index >= 15 is 0 Å².